The molecule has 0 atom stereocenters. The predicted octanol–water partition coefficient (Wildman–Crippen LogP) is -2.02. The highest BCUT2D eigenvalue weighted by atomic mass is 16.5. The molecule has 1 aromatic rings. The molecule has 0 saturated carbocycles. The topological polar surface area (TPSA) is 82.8 Å². The molecular formula is C8H10BNO4. The zero-order valence-electron chi connectivity index (χ0n) is 7.42. The van der Waals surface area contributed by atoms with Gasteiger partial charge in [-0.3, -0.25) is 4.98 Å². The lowest BCUT2D eigenvalue weighted by atomic mass is 9.81. The van der Waals surface area contributed by atoms with Gasteiger partial charge in [-0.1, -0.05) is 6.07 Å². The molecule has 0 bridgehead atoms. The maximum Gasteiger partial charge on any atom is 0.490 e. The summed E-state index contributed by atoms with van der Waals surface area (Å²) in [5.41, 5.74) is -0.204. The zero-order valence-corrected chi connectivity index (χ0v) is 7.42. The summed E-state index contributed by atoms with van der Waals surface area (Å²) in [6.45, 7) is 0.474. The van der Waals surface area contributed by atoms with E-state index in [1.165, 1.54) is 12.3 Å². The standard InChI is InChI=1S/C8H10BNO4/c11-8(4-14-5-8)7-2-1-6(3-10-7)9(12)13/h1-3,11-13H,4-5H2. The minimum Gasteiger partial charge on any atom is -0.423 e. The lowest BCUT2D eigenvalue weighted by molar-refractivity contribution is -0.186. The van der Waals surface area contributed by atoms with Gasteiger partial charge >= 0.3 is 7.12 Å². The number of rotatable bonds is 2. The van der Waals surface area contributed by atoms with Crippen molar-refractivity contribution in [3.63, 3.8) is 0 Å². The minimum atomic E-state index is -1.52. The van der Waals surface area contributed by atoms with Gasteiger partial charge in [0.2, 0.25) is 0 Å². The highest BCUT2D eigenvalue weighted by molar-refractivity contribution is 6.58. The van der Waals surface area contributed by atoms with E-state index < -0.39 is 12.7 Å². The summed E-state index contributed by atoms with van der Waals surface area (Å²) in [6.07, 6.45) is 1.33. The first kappa shape index (κ1) is 9.60. The molecule has 6 heteroatoms. The van der Waals surface area contributed by atoms with Gasteiger partial charge in [-0.25, -0.2) is 0 Å². The van der Waals surface area contributed by atoms with E-state index in [0.717, 1.165) is 0 Å². The summed E-state index contributed by atoms with van der Waals surface area (Å²) < 4.78 is 4.88. The van der Waals surface area contributed by atoms with E-state index in [0.29, 0.717) is 11.2 Å². The molecule has 0 aromatic carbocycles. The number of pyridine rings is 1. The average molecular weight is 195 g/mol. The second-order valence-corrected chi connectivity index (χ2v) is 3.37. The molecule has 5 nitrogen and oxygen atoms in total. The van der Waals surface area contributed by atoms with E-state index in [4.69, 9.17) is 14.8 Å². The van der Waals surface area contributed by atoms with E-state index in [1.807, 2.05) is 0 Å². The van der Waals surface area contributed by atoms with E-state index in [9.17, 15) is 5.11 Å². The Kier molecular flexibility index (Phi) is 2.28. The second kappa shape index (κ2) is 3.32. The van der Waals surface area contributed by atoms with Gasteiger partial charge in [0.25, 0.3) is 0 Å². The maximum atomic E-state index is 9.80. The molecule has 74 valence electrons. The van der Waals surface area contributed by atoms with Crippen molar-refractivity contribution in [2.75, 3.05) is 13.2 Å². The van der Waals surface area contributed by atoms with Crippen molar-refractivity contribution < 1.29 is 19.9 Å². The number of ether oxygens (including phenoxy) is 1. The third-order valence-electron chi connectivity index (χ3n) is 2.24. The van der Waals surface area contributed by atoms with Crippen LogP contribution in [0.2, 0.25) is 0 Å². The first-order valence-corrected chi connectivity index (χ1v) is 4.24. The van der Waals surface area contributed by atoms with Crippen molar-refractivity contribution in [2.24, 2.45) is 0 Å². The highest BCUT2D eigenvalue weighted by Crippen LogP contribution is 2.26. The van der Waals surface area contributed by atoms with Crippen molar-refractivity contribution >= 4 is 12.6 Å². The third-order valence-corrected chi connectivity index (χ3v) is 2.24. The molecule has 0 aliphatic carbocycles. The number of hydrogen-bond donors (Lipinski definition) is 3. The molecule has 2 rings (SSSR count). The summed E-state index contributed by atoms with van der Waals surface area (Å²) in [5, 5.41) is 27.4. The molecule has 0 unspecified atom stereocenters. The zero-order chi connectivity index (χ0) is 10.2. The van der Waals surface area contributed by atoms with Crippen molar-refractivity contribution in [3.05, 3.63) is 24.0 Å². The fraction of sp³-hybridized carbons (Fsp3) is 0.375. The van der Waals surface area contributed by atoms with Gasteiger partial charge in [-0.05, 0) is 6.07 Å². The Bertz CT molecular complexity index is 323. The molecular weight excluding hydrogens is 185 g/mol. The van der Waals surface area contributed by atoms with Crippen molar-refractivity contribution in [3.8, 4) is 0 Å². The largest absolute Gasteiger partial charge is 0.490 e. The lowest BCUT2D eigenvalue weighted by Gasteiger charge is -2.35. The monoisotopic (exact) mass is 195 g/mol. The minimum absolute atomic E-state index is 0.237. The van der Waals surface area contributed by atoms with Crippen LogP contribution < -0.4 is 5.46 Å². The van der Waals surface area contributed by atoms with Crippen LogP contribution in [-0.2, 0) is 10.3 Å². The number of nitrogens with zero attached hydrogens (tertiary/aromatic N) is 1. The maximum absolute atomic E-state index is 9.80. The molecule has 0 spiro atoms. The van der Waals surface area contributed by atoms with Crippen molar-refractivity contribution in [1.29, 1.82) is 0 Å². The van der Waals surface area contributed by atoms with Crippen LogP contribution in [0.1, 0.15) is 5.69 Å². The molecule has 0 amide bonds. The Hall–Kier alpha value is -0.945. The molecule has 1 aromatic heterocycles. The number of aromatic nitrogens is 1. The molecule has 1 aliphatic heterocycles. The normalized spacial score (nSPS) is 18.8. The molecule has 0 radical (unpaired) electrons. The Morgan fingerprint density at radius 1 is 1.36 bits per heavy atom. The summed E-state index contributed by atoms with van der Waals surface area (Å²) in [6, 6.07) is 3.08. The predicted molar refractivity (Wildman–Crippen MR) is 48.8 cm³/mol. The summed E-state index contributed by atoms with van der Waals surface area (Å²) >= 11 is 0. The molecule has 1 fully saturated rings. The van der Waals surface area contributed by atoms with E-state index >= 15 is 0 Å². The molecule has 1 aliphatic rings. The number of hydrogen-bond acceptors (Lipinski definition) is 5. The number of aliphatic hydroxyl groups is 1. The first-order chi connectivity index (χ1) is 6.62. The van der Waals surface area contributed by atoms with Crippen molar-refractivity contribution in [1.82, 2.24) is 4.98 Å². The van der Waals surface area contributed by atoms with Crippen LogP contribution in [0.5, 0.6) is 0 Å². The Morgan fingerprint density at radius 3 is 2.43 bits per heavy atom. The molecule has 2 heterocycles. The highest BCUT2D eigenvalue weighted by Gasteiger charge is 2.39. The Balaban J connectivity index is 2.21. The van der Waals surface area contributed by atoms with Crippen LogP contribution in [0, 0.1) is 0 Å². The quantitative estimate of drug-likeness (QED) is 0.474. The van der Waals surface area contributed by atoms with Gasteiger partial charge in [-0.2, -0.15) is 0 Å². The SMILES string of the molecule is OB(O)c1ccc(C2(O)COC2)nc1. The van der Waals surface area contributed by atoms with Crippen LogP contribution in [-0.4, -0.2) is 40.5 Å². The fourth-order valence-corrected chi connectivity index (χ4v) is 1.28. The summed E-state index contributed by atoms with van der Waals surface area (Å²) in [7, 11) is -1.52. The summed E-state index contributed by atoms with van der Waals surface area (Å²) in [4.78, 5) is 3.94. The Labute approximate surface area is 81.1 Å². The van der Waals surface area contributed by atoms with Crippen LogP contribution in [0.4, 0.5) is 0 Å². The van der Waals surface area contributed by atoms with Crippen LogP contribution in [0.25, 0.3) is 0 Å². The van der Waals surface area contributed by atoms with Gasteiger partial charge in [0.1, 0.15) is 0 Å². The van der Waals surface area contributed by atoms with Crippen LogP contribution in [0.15, 0.2) is 18.3 Å². The first-order valence-electron chi connectivity index (χ1n) is 4.24. The molecule has 3 N–H and O–H groups in total. The van der Waals surface area contributed by atoms with Gasteiger partial charge in [-0.15, -0.1) is 0 Å². The second-order valence-electron chi connectivity index (χ2n) is 3.37. The van der Waals surface area contributed by atoms with Crippen molar-refractivity contribution in [2.45, 2.75) is 5.60 Å². The Morgan fingerprint density at radius 2 is 2.07 bits per heavy atom. The average Bonchev–Trinajstić information content (AvgIpc) is 2.14. The van der Waals surface area contributed by atoms with Gasteiger partial charge in [0.05, 0.1) is 18.9 Å². The lowest BCUT2D eigenvalue weighted by Crippen LogP contribution is -2.47. The van der Waals surface area contributed by atoms with Gasteiger partial charge < -0.3 is 19.9 Å². The van der Waals surface area contributed by atoms with E-state index in [2.05, 4.69) is 4.98 Å². The van der Waals surface area contributed by atoms with Crippen LogP contribution >= 0.6 is 0 Å². The fourth-order valence-electron chi connectivity index (χ4n) is 1.28. The van der Waals surface area contributed by atoms with E-state index in [-0.39, 0.29) is 13.2 Å². The van der Waals surface area contributed by atoms with Gasteiger partial charge in [0.15, 0.2) is 5.60 Å². The molecule has 1 saturated heterocycles. The van der Waals surface area contributed by atoms with Crippen LogP contribution in [0.3, 0.4) is 0 Å². The van der Waals surface area contributed by atoms with E-state index in [1.54, 1.807) is 6.07 Å². The smallest absolute Gasteiger partial charge is 0.423 e. The van der Waals surface area contributed by atoms with Gasteiger partial charge in [0, 0.05) is 11.7 Å². The summed E-state index contributed by atoms with van der Waals surface area (Å²) in [5.74, 6) is 0. The molecule has 14 heavy (non-hydrogen) atoms. The third kappa shape index (κ3) is 1.53.